The van der Waals surface area contributed by atoms with E-state index in [1.165, 1.54) is 19.2 Å². The van der Waals surface area contributed by atoms with Gasteiger partial charge in [0.15, 0.2) is 13.1 Å². The van der Waals surface area contributed by atoms with Crippen LogP contribution in [0.15, 0.2) is 24.3 Å². The number of ether oxygens (including phenoxy) is 2. The molecule has 2 rings (SSSR count). The number of fused-ring (bicyclic) bond motifs is 1. The minimum absolute atomic E-state index is 0.0625. The highest BCUT2D eigenvalue weighted by molar-refractivity contribution is 6.02. The zero-order valence-corrected chi connectivity index (χ0v) is 10.3. The van der Waals surface area contributed by atoms with Gasteiger partial charge in [-0.1, -0.05) is 12.0 Å². The molecule has 0 aliphatic carbocycles. The summed E-state index contributed by atoms with van der Waals surface area (Å²) < 4.78 is 23.7. The molecule has 0 aliphatic rings. The third-order valence-electron chi connectivity index (χ3n) is 2.69. The fraction of sp³-hybridized carbons (Fsp3) is 0.133. The van der Waals surface area contributed by atoms with Crippen molar-refractivity contribution in [3.8, 4) is 18.1 Å². The van der Waals surface area contributed by atoms with Crippen molar-refractivity contribution in [2.24, 2.45) is 0 Å². The van der Waals surface area contributed by atoms with Crippen molar-refractivity contribution in [1.82, 2.24) is 0 Å². The molecule has 0 saturated heterocycles. The van der Waals surface area contributed by atoms with Crippen molar-refractivity contribution in [3.63, 3.8) is 0 Å². The molecule has 19 heavy (non-hydrogen) atoms. The van der Waals surface area contributed by atoms with Crippen molar-refractivity contribution in [1.29, 1.82) is 0 Å². The topological polar surface area (TPSA) is 35.5 Å². The van der Waals surface area contributed by atoms with E-state index in [4.69, 9.17) is 15.9 Å². The van der Waals surface area contributed by atoms with E-state index >= 15 is 0 Å². The number of aldehydes is 1. The van der Waals surface area contributed by atoms with Crippen LogP contribution >= 0.6 is 0 Å². The van der Waals surface area contributed by atoms with E-state index in [1.807, 2.05) is 0 Å². The highest BCUT2D eigenvalue weighted by Crippen LogP contribution is 2.28. The number of benzene rings is 2. The Morgan fingerprint density at radius 1 is 1.42 bits per heavy atom. The van der Waals surface area contributed by atoms with Crippen LogP contribution in [0.3, 0.4) is 0 Å². The summed E-state index contributed by atoms with van der Waals surface area (Å²) in [6, 6.07) is 6.01. The Kier molecular flexibility index (Phi) is 3.79. The quantitative estimate of drug-likeness (QED) is 0.480. The number of hydrogen-bond acceptors (Lipinski definition) is 3. The highest BCUT2D eigenvalue weighted by Gasteiger charge is 2.11. The van der Waals surface area contributed by atoms with Crippen molar-refractivity contribution in [2.75, 3.05) is 13.9 Å². The predicted octanol–water partition coefficient (Wildman–Crippen LogP) is 2.76. The molecule has 0 radical (unpaired) electrons. The molecule has 0 N–H and O–H groups in total. The number of halogens is 1. The third kappa shape index (κ3) is 2.42. The van der Waals surface area contributed by atoms with Gasteiger partial charge >= 0.3 is 0 Å². The van der Waals surface area contributed by atoms with E-state index in [-0.39, 0.29) is 17.9 Å². The molecule has 0 spiro atoms. The Morgan fingerprint density at radius 2 is 2.21 bits per heavy atom. The van der Waals surface area contributed by atoms with Crippen LogP contribution in [-0.2, 0) is 4.74 Å². The molecule has 4 heteroatoms. The zero-order chi connectivity index (χ0) is 13.8. The van der Waals surface area contributed by atoms with Crippen molar-refractivity contribution in [2.45, 2.75) is 0 Å². The van der Waals surface area contributed by atoms with E-state index in [9.17, 15) is 9.18 Å². The SMILES string of the molecule is C#Cc1c(F)ccc2cc(OCOC)cc(C=O)c12. The number of rotatable bonds is 4. The first-order valence-electron chi connectivity index (χ1n) is 5.51. The molecule has 0 bridgehead atoms. The summed E-state index contributed by atoms with van der Waals surface area (Å²) in [5, 5.41) is 1.06. The van der Waals surface area contributed by atoms with Crippen molar-refractivity contribution >= 4 is 17.1 Å². The summed E-state index contributed by atoms with van der Waals surface area (Å²) in [5.74, 6) is 2.22. The van der Waals surface area contributed by atoms with Gasteiger partial charge in [0.2, 0.25) is 0 Å². The predicted molar refractivity (Wildman–Crippen MR) is 69.7 cm³/mol. The van der Waals surface area contributed by atoms with Gasteiger partial charge in [0.25, 0.3) is 0 Å². The Hall–Kier alpha value is -2.38. The van der Waals surface area contributed by atoms with Crippen molar-refractivity contribution < 1.29 is 18.7 Å². The number of hydrogen-bond donors (Lipinski definition) is 0. The smallest absolute Gasteiger partial charge is 0.188 e. The number of terminal acetylenes is 1. The van der Waals surface area contributed by atoms with Gasteiger partial charge in [-0.2, -0.15) is 0 Å². The standard InChI is InChI=1S/C15H11FO3/c1-3-13-14(16)5-4-10-6-12(19-9-18-2)7-11(8-17)15(10)13/h1,4-8H,9H2,2H3. The lowest BCUT2D eigenvalue weighted by molar-refractivity contribution is 0.0511. The normalized spacial score (nSPS) is 10.2. The molecule has 2 aromatic rings. The first-order chi connectivity index (χ1) is 9.21. The first kappa shape index (κ1) is 13.1. The molecular formula is C15H11FO3. The molecule has 0 amide bonds. The van der Waals surface area contributed by atoms with Gasteiger partial charge in [-0.25, -0.2) is 4.39 Å². The van der Waals surface area contributed by atoms with E-state index in [0.29, 0.717) is 22.8 Å². The molecule has 0 unspecified atom stereocenters. The second-order valence-electron chi connectivity index (χ2n) is 3.85. The van der Waals surface area contributed by atoms with Gasteiger partial charge in [0, 0.05) is 18.1 Å². The van der Waals surface area contributed by atoms with Crippen LogP contribution in [0.4, 0.5) is 4.39 Å². The summed E-state index contributed by atoms with van der Waals surface area (Å²) >= 11 is 0. The largest absolute Gasteiger partial charge is 0.468 e. The number of carbonyl (C=O) groups is 1. The van der Waals surface area contributed by atoms with Crippen LogP contribution < -0.4 is 4.74 Å². The minimum atomic E-state index is -0.524. The maximum Gasteiger partial charge on any atom is 0.188 e. The zero-order valence-electron chi connectivity index (χ0n) is 10.3. The van der Waals surface area contributed by atoms with Gasteiger partial charge < -0.3 is 9.47 Å². The van der Waals surface area contributed by atoms with Crippen molar-refractivity contribution in [3.05, 3.63) is 41.2 Å². The second kappa shape index (κ2) is 5.51. The summed E-state index contributed by atoms with van der Waals surface area (Å²) in [4.78, 5) is 11.1. The van der Waals surface area contributed by atoms with E-state index in [0.717, 1.165) is 0 Å². The third-order valence-corrected chi connectivity index (χ3v) is 2.69. The Labute approximate surface area is 109 Å². The molecule has 0 aromatic heterocycles. The monoisotopic (exact) mass is 258 g/mol. The lowest BCUT2D eigenvalue weighted by Gasteiger charge is -2.10. The number of carbonyl (C=O) groups excluding carboxylic acids is 1. The fourth-order valence-corrected chi connectivity index (χ4v) is 1.89. The summed E-state index contributed by atoms with van der Waals surface area (Å²) in [7, 11) is 1.49. The minimum Gasteiger partial charge on any atom is -0.468 e. The molecule has 0 saturated carbocycles. The lowest BCUT2D eigenvalue weighted by Crippen LogP contribution is -2.00. The van der Waals surface area contributed by atoms with Crippen LogP contribution in [0.2, 0.25) is 0 Å². The van der Waals surface area contributed by atoms with Crippen LogP contribution in [0.5, 0.6) is 5.75 Å². The van der Waals surface area contributed by atoms with Gasteiger partial charge in [-0.05, 0) is 23.6 Å². The van der Waals surface area contributed by atoms with Gasteiger partial charge in [-0.3, -0.25) is 4.79 Å². The molecule has 0 heterocycles. The molecular weight excluding hydrogens is 247 g/mol. The average molecular weight is 258 g/mol. The average Bonchev–Trinajstić information content (AvgIpc) is 2.44. The van der Waals surface area contributed by atoms with Gasteiger partial charge in [0.05, 0.1) is 5.56 Å². The second-order valence-corrected chi connectivity index (χ2v) is 3.85. The molecule has 96 valence electrons. The summed E-state index contributed by atoms with van der Waals surface area (Å²) in [6.45, 7) is 0.0625. The van der Waals surface area contributed by atoms with E-state index in [1.54, 1.807) is 12.1 Å². The van der Waals surface area contributed by atoms with Crippen LogP contribution in [0, 0.1) is 18.2 Å². The van der Waals surface area contributed by atoms with Gasteiger partial charge in [0.1, 0.15) is 11.6 Å². The van der Waals surface area contributed by atoms with Gasteiger partial charge in [-0.15, -0.1) is 6.42 Å². The van der Waals surface area contributed by atoms with E-state index in [2.05, 4.69) is 5.92 Å². The molecule has 2 aromatic carbocycles. The van der Waals surface area contributed by atoms with Crippen LogP contribution in [-0.4, -0.2) is 20.2 Å². The highest BCUT2D eigenvalue weighted by atomic mass is 19.1. The summed E-state index contributed by atoms with van der Waals surface area (Å²) in [5.41, 5.74) is 0.369. The Balaban J connectivity index is 2.70. The first-order valence-corrected chi connectivity index (χ1v) is 5.51. The number of methoxy groups -OCH3 is 1. The molecule has 0 atom stereocenters. The Morgan fingerprint density at radius 3 is 2.84 bits per heavy atom. The van der Waals surface area contributed by atoms with Crippen LogP contribution in [0.25, 0.3) is 10.8 Å². The molecule has 0 fully saturated rings. The maximum absolute atomic E-state index is 13.6. The van der Waals surface area contributed by atoms with E-state index < -0.39 is 5.82 Å². The molecule has 3 nitrogen and oxygen atoms in total. The Bertz CT molecular complexity index is 671. The van der Waals surface area contributed by atoms with Crippen LogP contribution in [0.1, 0.15) is 15.9 Å². The molecule has 0 aliphatic heterocycles. The lowest BCUT2D eigenvalue weighted by atomic mass is 9.99. The maximum atomic E-state index is 13.6. The fourth-order valence-electron chi connectivity index (χ4n) is 1.89. The summed E-state index contributed by atoms with van der Waals surface area (Å²) in [6.07, 6.45) is 5.93.